The van der Waals surface area contributed by atoms with Gasteiger partial charge in [-0.2, -0.15) is 0 Å². The number of hydrogen-bond donors (Lipinski definition) is 1. The van der Waals surface area contributed by atoms with Gasteiger partial charge >= 0.3 is 0 Å². The Balaban J connectivity index is 4.80. The summed E-state index contributed by atoms with van der Waals surface area (Å²) < 4.78 is 19.7. The van der Waals surface area contributed by atoms with Gasteiger partial charge in [0.2, 0.25) is 0 Å². The lowest BCUT2D eigenvalue weighted by Gasteiger charge is -2.24. The largest absolute Gasteiger partial charge is 0.380 e. The molecule has 0 aliphatic rings. The van der Waals surface area contributed by atoms with E-state index >= 15 is 0 Å². The number of allylic oxidation sites excluding steroid dienone is 4. The predicted octanol–water partition coefficient (Wildman–Crippen LogP) is 2.63. The number of rotatable bonds is 11. The Morgan fingerprint density at radius 3 is 2.62 bits per heavy atom. The fraction of sp³-hybridized carbons (Fsp3) is 0.625. The highest BCUT2D eigenvalue weighted by Gasteiger charge is 2.17. The Bertz CT molecular complexity index is 392. The maximum Gasteiger partial charge on any atom is 0.127 e. The molecule has 0 saturated heterocycles. The molecule has 2 unspecified atom stereocenters. The number of ether oxygens (including phenoxy) is 1. The van der Waals surface area contributed by atoms with Gasteiger partial charge in [-0.15, -0.1) is 0 Å². The number of methoxy groups -OCH3 is 1. The molecule has 5 heteroatoms. The minimum Gasteiger partial charge on any atom is -0.380 e. The first-order valence-corrected chi connectivity index (χ1v) is 8.47. The highest BCUT2D eigenvalue weighted by atomic mass is 32.2. The van der Waals surface area contributed by atoms with Crippen LogP contribution in [0.5, 0.6) is 0 Å². The average Bonchev–Trinajstić information content (AvgIpc) is 2.50. The van der Waals surface area contributed by atoms with Crippen LogP contribution in [0.1, 0.15) is 27.2 Å². The molecule has 0 saturated carbocycles. The van der Waals surface area contributed by atoms with Crippen LogP contribution in [0.25, 0.3) is 0 Å². The first-order chi connectivity index (χ1) is 9.99. The molecule has 0 aliphatic carbocycles. The molecule has 0 spiro atoms. The van der Waals surface area contributed by atoms with Crippen molar-refractivity contribution < 1.29 is 8.95 Å². The highest BCUT2D eigenvalue weighted by Crippen LogP contribution is 2.11. The Morgan fingerprint density at radius 1 is 1.48 bits per heavy atom. The maximum atomic E-state index is 12.6. The summed E-state index contributed by atoms with van der Waals surface area (Å²) in [5.74, 6) is 0. The van der Waals surface area contributed by atoms with E-state index in [0.717, 1.165) is 13.0 Å². The molecule has 0 heterocycles. The van der Waals surface area contributed by atoms with Crippen molar-refractivity contribution in [2.75, 3.05) is 33.8 Å². The fourth-order valence-electron chi connectivity index (χ4n) is 1.68. The van der Waals surface area contributed by atoms with Gasteiger partial charge in [-0.3, -0.25) is 0 Å². The van der Waals surface area contributed by atoms with Crippen molar-refractivity contribution >= 4 is 11.0 Å². The van der Waals surface area contributed by atoms with E-state index < -0.39 is 11.0 Å². The smallest absolute Gasteiger partial charge is 0.127 e. The molecule has 0 aromatic heterocycles. The van der Waals surface area contributed by atoms with Gasteiger partial charge in [-0.25, -0.2) is 8.51 Å². The zero-order valence-corrected chi connectivity index (χ0v) is 14.8. The zero-order valence-electron chi connectivity index (χ0n) is 14.0. The summed E-state index contributed by atoms with van der Waals surface area (Å²) in [6.07, 6.45) is 6.87. The van der Waals surface area contributed by atoms with Gasteiger partial charge in [-0.1, -0.05) is 31.2 Å². The van der Waals surface area contributed by atoms with E-state index in [1.54, 1.807) is 7.11 Å². The lowest BCUT2D eigenvalue weighted by Crippen LogP contribution is -2.38. The van der Waals surface area contributed by atoms with Gasteiger partial charge in [0.05, 0.1) is 6.10 Å². The van der Waals surface area contributed by atoms with Crippen LogP contribution in [0, 0.1) is 0 Å². The lowest BCUT2D eigenvalue weighted by molar-refractivity contribution is 0.101. The van der Waals surface area contributed by atoms with Crippen LogP contribution in [0.4, 0.5) is 0 Å². The summed E-state index contributed by atoms with van der Waals surface area (Å²) in [5.41, 5.74) is 1.21. The van der Waals surface area contributed by atoms with E-state index in [9.17, 15) is 4.21 Å². The van der Waals surface area contributed by atoms with Crippen molar-refractivity contribution in [2.24, 2.45) is 0 Å². The standard InChI is InChI=1S/C16H30N2O2S/c1-7-16(8-2)10-9-15(4)21(19)18(12-11-17-5)13-14(3)20-6/h7,9-10,14,17H,4,8,11-13H2,1-3,5-6H3/b10-9-,16-7-. The van der Waals surface area contributed by atoms with Crippen LogP contribution in [-0.2, 0) is 15.7 Å². The average molecular weight is 314 g/mol. The van der Waals surface area contributed by atoms with Crippen LogP contribution in [0.2, 0.25) is 0 Å². The van der Waals surface area contributed by atoms with Crippen molar-refractivity contribution in [3.63, 3.8) is 0 Å². The second-order valence-corrected chi connectivity index (χ2v) is 6.34. The molecule has 122 valence electrons. The SMILES string of the molecule is C=C(/C=C\C(=C/C)CC)S(=O)N(CCNC)CC(C)OC. The molecule has 0 aliphatic heterocycles. The molecular formula is C16H30N2O2S. The normalized spacial score (nSPS) is 15.6. The van der Waals surface area contributed by atoms with E-state index in [4.69, 9.17) is 4.74 Å². The summed E-state index contributed by atoms with van der Waals surface area (Å²) >= 11 is 0. The summed E-state index contributed by atoms with van der Waals surface area (Å²) in [6, 6.07) is 0. The summed E-state index contributed by atoms with van der Waals surface area (Å²) in [6.45, 7) is 12.1. The Labute approximate surface area is 132 Å². The molecule has 0 amide bonds. The molecule has 0 radical (unpaired) electrons. The third-order valence-electron chi connectivity index (χ3n) is 3.20. The molecule has 1 N–H and O–H groups in total. The molecule has 0 fully saturated rings. The Kier molecular flexibility index (Phi) is 11.4. The second-order valence-electron chi connectivity index (χ2n) is 4.80. The van der Waals surface area contributed by atoms with Crippen molar-refractivity contribution in [3.8, 4) is 0 Å². The van der Waals surface area contributed by atoms with E-state index in [1.807, 2.05) is 37.4 Å². The quantitative estimate of drug-likeness (QED) is 0.596. The lowest BCUT2D eigenvalue weighted by atomic mass is 10.2. The molecule has 21 heavy (non-hydrogen) atoms. The topological polar surface area (TPSA) is 41.6 Å². The number of nitrogens with one attached hydrogen (secondary N) is 1. The van der Waals surface area contributed by atoms with Gasteiger partial charge in [0.25, 0.3) is 0 Å². The summed E-state index contributed by atoms with van der Waals surface area (Å²) in [7, 11) is 2.31. The predicted molar refractivity (Wildman–Crippen MR) is 92.4 cm³/mol. The Hall–Kier alpha value is -0.750. The molecule has 0 rings (SSSR count). The Morgan fingerprint density at radius 2 is 2.14 bits per heavy atom. The van der Waals surface area contributed by atoms with E-state index in [-0.39, 0.29) is 6.10 Å². The van der Waals surface area contributed by atoms with E-state index in [0.29, 0.717) is 18.0 Å². The molecule has 2 atom stereocenters. The number of likely N-dealkylation sites (N-methyl/N-ethyl adjacent to an activating group) is 1. The van der Waals surface area contributed by atoms with Gasteiger partial charge < -0.3 is 10.1 Å². The van der Waals surface area contributed by atoms with E-state index in [1.165, 1.54) is 5.57 Å². The van der Waals surface area contributed by atoms with Crippen LogP contribution in [0.15, 0.2) is 35.3 Å². The van der Waals surface area contributed by atoms with Crippen LogP contribution < -0.4 is 5.32 Å². The van der Waals surface area contributed by atoms with E-state index in [2.05, 4.69) is 24.9 Å². The van der Waals surface area contributed by atoms with Gasteiger partial charge in [0, 0.05) is 31.6 Å². The fourth-order valence-corrected chi connectivity index (χ4v) is 2.80. The zero-order chi connectivity index (χ0) is 16.3. The molecular weight excluding hydrogens is 284 g/mol. The first kappa shape index (κ1) is 20.2. The molecule has 4 nitrogen and oxygen atoms in total. The van der Waals surface area contributed by atoms with Gasteiger partial charge in [0.15, 0.2) is 0 Å². The van der Waals surface area contributed by atoms with Crippen LogP contribution in [-0.4, -0.2) is 48.4 Å². The first-order valence-electron chi connectivity index (χ1n) is 7.36. The molecule has 0 aromatic rings. The van der Waals surface area contributed by atoms with Crippen molar-refractivity contribution in [3.05, 3.63) is 35.3 Å². The maximum absolute atomic E-state index is 12.6. The molecule has 0 aromatic carbocycles. The number of nitrogens with zero attached hydrogens (tertiary/aromatic N) is 1. The van der Waals surface area contributed by atoms with Crippen LogP contribution in [0.3, 0.4) is 0 Å². The third-order valence-corrected chi connectivity index (χ3v) is 4.58. The van der Waals surface area contributed by atoms with Crippen molar-refractivity contribution in [1.29, 1.82) is 0 Å². The summed E-state index contributed by atoms with van der Waals surface area (Å²) in [5, 5.41) is 3.08. The third kappa shape index (κ3) is 8.31. The van der Waals surface area contributed by atoms with Crippen LogP contribution >= 0.6 is 0 Å². The van der Waals surface area contributed by atoms with Crippen molar-refractivity contribution in [2.45, 2.75) is 33.3 Å². The monoisotopic (exact) mass is 314 g/mol. The highest BCUT2D eigenvalue weighted by molar-refractivity contribution is 7.86. The number of hydrogen-bond acceptors (Lipinski definition) is 3. The molecule has 0 bridgehead atoms. The van der Waals surface area contributed by atoms with Gasteiger partial charge in [0.1, 0.15) is 11.0 Å². The minimum atomic E-state index is -1.24. The summed E-state index contributed by atoms with van der Waals surface area (Å²) in [4.78, 5) is 0.613. The second kappa shape index (κ2) is 11.9. The minimum absolute atomic E-state index is 0.0318. The van der Waals surface area contributed by atoms with Crippen molar-refractivity contribution in [1.82, 2.24) is 9.62 Å². The van der Waals surface area contributed by atoms with Gasteiger partial charge in [-0.05, 0) is 33.4 Å².